The van der Waals surface area contributed by atoms with Crippen molar-refractivity contribution < 1.29 is 23.9 Å². The highest BCUT2D eigenvalue weighted by Gasteiger charge is 2.25. The lowest BCUT2D eigenvalue weighted by atomic mass is 9.94. The van der Waals surface area contributed by atoms with E-state index in [1.807, 2.05) is 12.1 Å². The van der Waals surface area contributed by atoms with Crippen LogP contribution in [0.15, 0.2) is 24.3 Å². The molecule has 1 atom stereocenters. The molecule has 0 heterocycles. The molecule has 0 fully saturated rings. The molecule has 24 heavy (non-hydrogen) atoms. The van der Waals surface area contributed by atoms with Crippen molar-refractivity contribution >= 4 is 17.7 Å². The number of hydrogen-bond donors (Lipinski definition) is 0. The number of esters is 2. The minimum atomic E-state index is -0.672. The van der Waals surface area contributed by atoms with Gasteiger partial charge in [0.1, 0.15) is 11.7 Å². The molecule has 0 aliphatic heterocycles. The van der Waals surface area contributed by atoms with E-state index in [2.05, 4.69) is 0 Å². The molecule has 0 aliphatic rings. The molecule has 5 nitrogen and oxygen atoms in total. The van der Waals surface area contributed by atoms with Gasteiger partial charge in [-0.05, 0) is 50.8 Å². The van der Waals surface area contributed by atoms with Gasteiger partial charge in [0, 0.05) is 6.42 Å². The number of ether oxygens (including phenoxy) is 2. The zero-order valence-electron chi connectivity index (χ0n) is 14.7. The van der Waals surface area contributed by atoms with Crippen molar-refractivity contribution in [3.8, 4) is 0 Å². The molecule has 0 saturated carbocycles. The topological polar surface area (TPSA) is 69.7 Å². The lowest BCUT2D eigenvalue weighted by Crippen LogP contribution is -2.26. The van der Waals surface area contributed by atoms with E-state index in [9.17, 15) is 14.4 Å². The number of carbonyl (C=O) groups excluding carboxylic acids is 3. The summed E-state index contributed by atoms with van der Waals surface area (Å²) < 4.78 is 9.92. The summed E-state index contributed by atoms with van der Waals surface area (Å²) >= 11 is 0. The third-order valence-corrected chi connectivity index (χ3v) is 3.73. The van der Waals surface area contributed by atoms with Gasteiger partial charge in [-0.3, -0.25) is 9.59 Å². The lowest BCUT2D eigenvalue weighted by molar-refractivity contribution is -0.151. The first-order valence-electron chi connectivity index (χ1n) is 8.48. The number of Topliss-reactive ketones (excluding diaryl/α,β-unsaturated/α-hetero) is 1. The van der Waals surface area contributed by atoms with Gasteiger partial charge in [-0.2, -0.15) is 0 Å². The third-order valence-electron chi connectivity index (χ3n) is 3.73. The first-order chi connectivity index (χ1) is 11.5. The molecule has 132 valence electrons. The van der Waals surface area contributed by atoms with Gasteiger partial charge in [0.05, 0.1) is 18.8 Å². The van der Waals surface area contributed by atoms with Crippen molar-refractivity contribution in [1.29, 1.82) is 0 Å². The van der Waals surface area contributed by atoms with E-state index in [0.29, 0.717) is 31.4 Å². The van der Waals surface area contributed by atoms with E-state index in [0.717, 1.165) is 12.0 Å². The molecule has 0 radical (unpaired) electrons. The minimum Gasteiger partial charge on any atom is -0.465 e. The largest absolute Gasteiger partial charge is 0.465 e. The van der Waals surface area contributed by atoms with Crippen molar-refractivity contribution in [2.24, 2.45) is 5.92 Å². The third kappa shape index (κ3) is 6.14. The predicted octanol–water partition coefficient (Wildman–Crippen LogP) is 3.34. The molecule has 5 heteroatoms. The lowest BCUT2D eigenvalue weighted by Gasteiger charge is -2.13. The maximum atomic E-state index is 11.9. The summed E-state index contributed by atoms with van der Waals surface area (Å²) in [5, 5.41) is 0. The molecule has 0 spiro atoms. The van der Waals surface area contributed by atoms with Crippen LogP contribution in [0.4, 0.5) is 0 Å². The van der Waals surface area contributed by atoms with Gasteiger partial charge >= 0.3 is 11.9 Å². The highest BCUT2D eigenvalue weighted by molar-refractivity contribution is 5.98. The molecule has 1 aromatic carbocycles. The van der Waals surface area contributed by atoms with Crippen molar-refractivity contribution in [2.45, 2.75) is 46.5 Å². The summed E-state index contributed by atoms with van der Waals surface area (Å²) in [5.74, 6) is -1.51. The van der Waals surface area contributed by atoms with Crippen LogP contribution >= 0.6 is 0 Å². The van der Waals surface area contributed by atoms with E-state index in [4.69, 9.17) is 9.47 Å². The maximum absolute atomic E-state index is 11.9. The van der Waals surface area contributed by atoms with Crippen molar-refractivity contribution in [2.75, 3.05) is 13.2 Å². The van der Waals surface area contributed by atoms with Crippen molar-refractivity contribution in [3.05, 3.63) is 35.4 Å². The molecule has 0 saturated heterocycles. The van der Waals surface area contributed by atoms with E-state index < -0.39 is 11.9 Å². The fourth-order valence-corrected chi connectivity index (χ4v) is 2.43. The van der Waals surface area contributed by atoms with Gasteiger partial charge in [-0.1, -0.05) is 19.1 Å². The van der Waals surface area contributed by atoms with Crippen molar-refractivity contribution in [3.63, 3.8) is 0 Å². The Morgan fingerprint density at radius 2 is 1.58 bits per heavy atom. The van der Waals surface area contributed by atoms with Crippen LogP contribution in [0.2, 0.25) is 0 Å². The first kappa shape index (κ1) is 19.9. The van der Waals surface area contributed by atoms with E-state index >= 15 is 0 Å². The summed E-state index contributed by atoms with van der Waals surface area (Å²) in [6.45, 7) is 5.88. The smallest absolute Gasteiger partial charge is 0.338 e. The molecule has 1 aromatic rings. The number of ketones is 1. The highest BCUT2D eigenvalue weighted by Crippen LogP contribution is 2.16. The summed E-state index contributed by atoms with van der Waals surface area (Å²) in [6, 6.07) is 7.20. The number of aryl methyl sites for hydroxylation is 1. The van der Waals surface area contributed by atoms with Gasteiger partial charge < -0.3 is 9.47 Å². The summed E-state index contributed by atoms with van der Waals surface area (Å²) in [4.78, 5) is 35.4. The second-order valence-electron chi connectivity index (χ2n) is 5.43. The number of benzene rings is 1. The van der Waals surface area contributed by atoms with Crippen LogP contribution in [0.5, 0.6) is 0 Å². The fraction of sp³-hybridized carbons (Fsp3) is 0.526. The van der Waals surface area contributed by atoms with Crippen LogP contribution < -0.4 is 0 Å². The van der Waals surface area contributed by atoms with Crippen LogP contribution in [0.3, 0.4) is 0 Å². The minimum absolute atomic E-state index is 0.0777. The second kappa shape index (κ2) is 10.6. The number of hydrogen-bond acceptors (Lipinski definition) is 5. The Morgan fingerprint density at radius 3 is 2.12 bits per heavy atom. The van der Waals surface area contributed by atoms with E-state index in [1.165, 1.54) is 0 Å². The molecule has 0 aliphatic carbocycles. The van der Waals surface area contributed by atoms with Crippen LogP contribution in [-0.4, -0.2) is 30.9 Å². The Hall–Kier alpha value is -2.17. The van der Waals surface area contributed by atoms with Crippen LogP contribution in [0.1, 0.15) is 56.0 Å². The fourth-order valence-electron chi connectivity index (χ4n) is 2.43. The highest BCUT2D eigenvalue weighted by atomic mass is 16.5. The van der Waals surface area contributed by atoms with Gasteiger partial charge in [0.15, 0.2) is 0 Å². The van der Waals surface area contributed by atoms with Crippen LogP contribution in [-0.2, 0) is 25.5 Å². The molecule has 1 rings (SSSR count). The summed E-state index contributed by atoms with van der Waals surface area (Å²) in [5.41, 5.74) is 1.57. The van der Waals surface area contributed by atoms with Gasteiger partial charge in [-0.25, -0.2) is 4.79 Å². The number of rotatable bonds is 10. The van der Waals surface area contributed by atoms with E-state index in [-0.39, 0.29) is 18.4 Å². The van der Waals surface area contributed by atoms with Gasteiger partial charge in [0.2, 0.25) is 0 Å². The van der Waals surface area contributed by atoms with Crippen LogP contribution in [0, 0.1) is 5.92 Å². The Balaban J connectivity index is 2.56. The van der Waals surface area contributed by atoms with Crippen molar-refractivity contribution in [1.82, 2.24) is 0 Å². The summed E-state index contributed by atoms with van der Waals surface area (Å²) in [6.07, 6.45) is 2.24. The molecule has 1 unspecified atom stereocenters. The molecule has 0 amide bonds. The zero-order chi connectivity index (χ0) is 17.9. The Labute approximate surface area is 143 Å². The van der Waals surface area contributed by atoms with Gasteiger partial charge in [-0.15, -0.1) is 0 Å². The van der Waals surface area contributed by atoms with Crippen LogP contribution in [0.25, 0.3) is 0 Å². The Bertz CT molecular complexity index is 547. The molecule has 0 N–H and O–H groups in total. The average molecular weight is 334 g/mol. The predicted molar refractivity (Wildman–Crippen MR) is 90.8 cm³/mol. The molecular formula is C19H26O5. The molecule has 0 bridgehead atoms. The monoisotopic (exact) mass is 334 g/mol. The molecular weight excluding hydrogens is 308 g/mol. The zero-order valence-corrected chi connectivity index (χ0v) is 14.7. The summed E-state index contributed by atoms with van der Waals surface area (Å²) in [7, 11) is 0. The SMILES string of the molecule is CCOC(=O)c1ccc(CCCC(C(=O)CC)C(=O)OCC)cc1. The molecule has 0 aromatic heterocycles. The standard InChI is InChI=1S/C19H26O5/c1-4-17(20)16(19(22)24-6-3)9-7-8-14-10-12-15(13-11-14)18(21)23-5-2/h10-13,16H,4-9H2,1-3H3. The maximum Gasteiger partial charge on any atom is 0.338 e. The first-order valence-corrected chi connectivity index (χ1v) is 8.48. The Morgan fingerprint density at radius 1 is 0.958 bits per heavy atom. The quantitative estimate of drug-likeness (QED) is 0.485. The van der Waals surface area contributed by atoms with E-state index in [1.54, 1.807) is 32.9 Å². The Kier molecular flexibility index (Phi) is 8.76. The average Bonchev–Trinajstić information content (AvgIpc) is 2.59. The number of carbonyl (C=O) groups is 3. The normalized spacial score (nSPS) is 11.6. The second-order valence-corrected chi connectivity index (χ2v) is 5.43. The van der Waals surface area contributed by atoms with Gasteiger partial charge in [0.25, 0.3) is 0 Å².